The number of aryl methyl sites for hydroxylation is 1. The van der Waals surface area contributed by atoms with Crippen LogP contribution in [0.1, 0.15) is 33.3 Å². The minimum atomic E-state index is -0.520. The van der Waals surface area contributed by atoms with Gasteiger partial charge in [0.2, 0.25) is 0 Å². The summed E-state index contributed by atoms with van der Waals surface area (Å²) in [6.45, 7) is 3.90. The number of hydrogen-bond donors (Lipinski definition) is 1. The van der Waals surface area contributed by atoms with Crippen molar-refractivity contribution in [1.29, 1.82) is 5.26 Å². The van der Waals surface area contributed by atoms with Gasteiger partial charge in [0.25, 0.3) is 5.56 Å². The molecular weight excluding hydrogens is 456 g/mol. The molecule has 0 bridgehead atoms. The Hall–Kier alpha value is -3.61. The molecule has 9 heteroatoms. The molecule has 0 amide bonds. The summed E-state index contributed by atoms with van der Waals surface area (Å²) in [5.41, 5.74) is 8.87. The molecule has 0 fully saturated rings. The Labute approximate surface area is 198 Å². The van der Waals surface area contributed by atoms with E-state index in [0.29, 0.717) is 32.2 Å². The van der Waals surface area contributed by atoms with Crippen LogP contribution in [0, 0.1) is 18.3 Å². The van der Waals surface area contributed by atoms with Crippen LogP contribution in [0.25, 0.3) is 16.6 Å². The van der Waals surface area contributed by atoms with Gasteiger partial charge in [0.15, 0.2) is 5.16 Å². The number of thiophene rings is 1. The Morgan fingerprint density at radius 2 is 1.97 bits per heavy atom. The van der Waals surface area contributed by atoms with E-state index in [4.69, 9.17) is 15.5 Å². The Morgan fingerprint density at radius 1 is 1.24 bits per heavy atom. The molecule has 2 aromatic heterocycles. The number of nitrogens with two attached hydrogens (primary N) is 1. The van der Waals surface area contributed by atoms with Crippen molar-refractivity contribution in [2.45, 2.75) is 24.8 Å². The third-order valence-corrected chi connectivity index (χ3v) is 7.00. The summed E-state index contributed by atoms with van der Waals surface area (Å²) < 4.78 is 6.69. The van der Waals surface area contributed by atoms with Crippen molar-refractivity contribution in [3.8, 4) is 11.8 Å². The van der Waals surface area contributed by atoms with E-state index in [0.717, 1.165) is 16.9 Å². The Bertz CT molecular complexity index is 1450. The zero-order chi connectivity index (χ0) is 23.5. The van der Waals surface area contributed by atoms with Gasteiger partial charge in [-0.3, -0.25) is 9.36 Å². The number of nitrogens with zero attached hydrogens (tertiary/aromatic N) is 3. The third-order valence-electron chi connectivity index (χ3n) is 4.99. The summed E-state index contributed by atoms with van der Waals surface area (Å²) in [7, 11) is 0. The highest BCUT2D eigenvalue weighted by atomic mass is 32.2. The number of hydrogen-bond acceptors (Lipinski definition) is 8. The summed E-state index contributed by atoms with van der Waals surface area (Å²) in [6.07, 6.45) is 0. The molecule has 166 valence electrons. The van der Waals surface area contributed by atoms with Crippen LogP contribution < -0.4 is 11.3 Å². The predicted octanol–water partition coefficient (Wildman–Crippen LogP) is 4.68. The molecule has 0 saturated carbocycles. The lowest BCUT2D eigenvalue weighted by Gasteiger charge is -2.14. The zero-order valence-corrected chi connectivity index (χ0v) is 19.6. The van der Waals surface area contributed by atoms with Crippen LogP contribution in [0.2, 0.25) is 0 Å². The van der Waals surface area contributed by atoms with Crippen molar-refractivity contribution in [1.82, 2.24) is 9.55 Å². The first-order chi connectivity index (χ1) is 15.9. The van der Waals surface area contributed by atoms with Gasteiger partial charge in [-0.25, -0.2) is 9.78 Å². The number of ether oxygens (including phenoxy) is 1. The molecule has 33 heavy (non-hydrogen) atoms. The quantitative estimate of drug-likeness (QED) is 0.244. The number of carbonyl (C=O) groups excluding carboxylic acids is 1. The van der Waals surface area contributed by atoms with Crippen molar-refractivity contribution < 1.29 is 9.53 Å². The minimum absolute atomic E-state index is 0.192. The molecule has 2 heterocycles. The first kappa shape index (κ1) is 22.6. The molecule has 7 nitrogen and oxygen atoms in total. The van der Waals surface area contributed by atoms with Crippen LogP contribution in [0.3, 0.4) is 0 Å². The van der Waals surface area contributed by atoms with Gasteiger partial charge >= 0.3 is 5.97 Å². The summed E-state index contributed by atoms with van der Waals surface area (Å²) in [5.74, 6) is -0.296. The van der Waals surface area contributed by atoms with Crippen LogP contribution in [0.5, 0.6) is 0 Å². The number of fused-ring (bicyclic) bond motifs is 1. The van der Waals surface area contributed by atoms with Gasteiger partial charge in [0.05, 0.1) is 28.8 Å². The average molecular weight is 477 g/mol. The highest BCUT2D eigenvalue weighted by molar-refractivity contribution is 7.98. The molecule has 2 aromatic carbocycles. The standard InChI is InChI=1S/C24H20N4O3S2/c1-3-31-23(30)20-18(17(12-25)21(26)33-20)13-32-24-27-19-7-5-4-6-16(19)22(29)28(24)15-10-8-14(2)9-11-15/h4-11H,3,13,26H2,1-2H3. The van der Waals surface area contributed by atoms with E-state index in [1.807, 2.05) is 37.3 Å². The lowest BCUT2D eigenvalue weighted by molar-refractivity contribution is 0.0531. The number of esters is 1. The van der Waals surface area contributed by atoms with Crippen molar-refractivity contribution in [2.24, 2.45) is 0 Å². The van der Waals surface area contributed by atoms with E-state index in [1.54, 1.807) is 29.7 Å². The molecule has 4 aromatic rings. The zero-order valence-electron chi connectivity index (χ0n) is 18.0. The number of carbonyl (C=O) groups is 1. The number of benzene rings is 2. The first-order valence-electron chi connectivity index (χ1n) is 10.1. The maximum Gasteiger partial charge on any atom is 0.348 e. The van der Waals surface area contributed by atoms with Crippen molar-refractivity contribution in [3.63, 3.8) is 0 Å². The topological polar surface area (TPSA) is 111 Å². The predicted molar refractivity (Wildman–Crippen MR) is 131 cm³/mol. The van der Waals surface area contributed by atoms with Crippen LogP contribution in [0.4, 0.5) is 5.00 Å². The number of thioether (sulfide) groups is 1. The minimum Gasteiger partial charge on any atom is -0.462 e. The van der Waals surface area contributed by atoms with Crippen LogP contribution in [-0.2, 0) is 10.5 Å². The number of nitriles is 1. The smallest absolute Gasteiger partial charge is 0.348 e. The maximum atomic E-state index is 13.4. The average Bonchev–Trinajstić information content (AvgIpc) is 3.14. The van der Waals surface area contributed by atoms with E-state index in [2.05, 4.69) is 6.07 Å². The van der Waals surface area contributed by atoms with Crippen LogP contribution in [-0.4, -0.2) is 22.1 Å². The monoisotopic (exact) mass is 476 g/mol. The van der Waals surface area contributed by atoms with Gasteiger partial charge < -0.3 is 10.5 Å². The second-order valence-corrected chi connectivity index (χ2v) is 9.15. The largest absolute Gasteiger partial charge is 0.462 e. The van der Waals surface area contributed by atoms with E-state index >= 15 is 0 Å². The number of nitrogen functional groups attached to an aromatic ring is 1. The maximum absolute atomic E-state index is 13.4. The molecule has 4 rings (SSSR count). The van der Waals surface area contributed by atoms with Crippen molar-refractivity contribution >= 4 is 45.0 Å². The van der Waals surface area contributed by atoms with Gasteiger partial charge in [-0.1, -0.05) is 41.6 Å². The van der Waals surface area contributed by atoms with Crippen LogP contribution in [0.15, 0.2) is 58.5 Å². The van der Waals surface area contributed by atoms with Crippen LogP contribution >= 0.6 is 23.1 Å². The molecule has 2 N–H and O–H groups in total. The van der Waals surface area contributed by atoms with E-state index in [-0.39, 0.29) is 28.5 Å². The Morgan fingerprint density at radius 3 is 2.67 bits per heavy atom. The van der Waals surface area contributed by atoms with Gasteiger partial charge in [-0.05, 0) is 38.1 Å². The number of rotatable bonds is 6. The van der Waals surface area contributed by atoms with Crippen molar-refractivity contribution in [2.75, 3.05) is 12.3 Å². The molecule has 0 unspecified atom stereocenters. The summed E-state index contributed by atoms with van der Waals surface area (Å²) in [5, 5.41) is 10.8. The molecule has 0 aliphatic heterocycles. The third kappa shape index (κ3) is 4.35. The molecule has 0 aliphatic carbocycles. The van der Waals surface area contributed by atoms with Gasteiger partial charge in [0, 0.05) is 11.3 Å². The highest BCUT2D eigenvalue weighted by Crippen LogP contribution is 2.35. The summed E-state index contributed by atoms with van der Waals surface area (Å²) >= 11 is 2.30. The number of aromatic nitrogens is 2. The molecule has 0 saturated heterocycles. The highest BCUT2D eigenvalue weighted by Gasteiger charge is 2.24. The normalized spacial score (nSPS) is 10.8. The molecule has 0 atom stereocenters. The van der Waals surface area contributed by atoms with Gasteiger partial charge in [-0.15, -0.1) is 11.3 Å². The SMILES string of the molecule is CCOC(=O)c1sc(N)c(C#N)c1CSc1nc2ccccc2c(=O)n1-c1ccc(C)cc1. The fourth-order valence-electron chi connectivity index (χ4n) is 3.37. The fourth-order valence-corrected chi connectivity index (χ4v) is 5.44. The van der Waals surface area contributed by atoms with E-state index in [9.17, 15) is 14.9 Å². The Balaban J connectivity index is 1.83. The van der Waals surface area contributed by atoms with Crippen molar-refractivity contribution in [3.05, 3.63) is 80.5 Å². The second kappa shape index (κ2) is 9.48. The molecule has 0 radical (unpaired) electrons. The molecule has 0 spiro atoms. The first-order valence-corrected chi connectivity index (χ1v) is 11.9. The van der Waals surface area contributed by atoms with E-state index in [1.165, 1.54) is 11.8 Å². The Kier molecular flexibility index (Phi) is 6.49. The number of para-hydroxylation sites is 1. The molecular formula is C24H20N4O3S2. The number of anilines is 1. The summed E-state index contributed by atoms with van der Waals surface area (Å²) in [6, 6.07) is 16.8. The van der Waals surface area contributed by atoms with Gasteiger partial charge in [-0.2, -0.15) is 5.26 Å². The van der Waals surface area contributed by atoms with E-state index < -0.39 is 5.97 Å². The second-order valence-electron chi connectivity index (χ2n) is 7.16. The summed E-state index contributed by atoms with van der Waals surface area (Å²) in [4.78, 5) is 30.9. The fraction of sp³-hybridized carbons (Fsp3) is 0.167. The van der Waals surface area contributed by atoms with Gasteiger partial charge in [0.1, 0.15) is 15.9 Å². The lowest BCUT2D eigenvalue weighted by Crippen LogP contribution is -2.21. The lowest BCUT2D eigenvalue weighted by atomic mass is 10.2. The molecule has 0 aliphatic rings.